The standard InChI is InChI=1S/C14H21NO2/c1-3-11-7-9-12(10-8-11)13(15-2)5-4-6-14(16)17/h7-10,13,15H,3-6H2,1-2H3,(H,16,17). The highest BCUT2D eigenvalue weighted by molar-refractivity contribution is 5.66. The van der Waals surface area contributed by atoms with Gasteiger partial charge in [-0.3, -0.25) is 4.79 Å². The number of benzene rings is 1. The average Bonchev–Trinajstić information content (AvgIpc) is 2.34. The summed E-state index contributed by atoms with van der Waals surface area (Å²) >= 11 is 0. The molecule has 0 saturated heterocycles. The van der Waals surface area contributed by atoms with E-state index in [1.165, 1.54) is 11.1 Å². The molecule has 0 radical (unpaired) electrons. The maximum absolute atomic E-state index is 10.5. The van der Waals surface area contributed by atoms with Crippen LogP contribution in [0.4, 0.5) is 0 Å². The zero-order chi connectivity index (χ0) is 12.7. The molecule has 0 bridgehead atoms. The second kappa shape index (κ2) is 7.07. The molecule has 0 aliphatic carbocycles. The lowest BCUT2D eigenvalue weighted by molar-refractivity contribution is -0.137. The van der Waals surface area contributed by atoms with Gasteiger partial charge in [0.1, 0.15) is 0 Å². The molecule has 17 heavy (non-hydrogen) atoms. The van der Waals surface area contributed by atoms with Crippen LogP contribution in [-0.2, 0) is 11.2 Å². The lowest BCUT2D eigenvalue weighted by Crippen LogP contribution is -2.16. The molecule has 0 spiro atoms. The van der Waals surface area contributed by atoms with Crippen molar-refractivity contribution in [1.82, 2.24) is 5.32 Å². The van der Waals surface area contributed by atoms with Gasteiger partial charge in [0.05, 0.1) is 0 Å². The number of hydrogen-bond acceptors (Lipinski definition) is 2. The number of rotatable bonds is 7. The Labute approximate surface area is 103 Å². The van der Waals surface area contributed by atoms with Gasteiger partial charge in [0.25, 0.3) is 0 Å². The van der Waals surface area contributed by atoms with Gasteiger partial charge in [-0.15, -0.1) is 0 Å². The number of aliphatic carboxylic acids is 1. The largest absolute Gasteiger partial charge is 0.481 e. The molecular formula is C14H21NO2. The summed E-state index contributed by atoms with van der Waals surface area (Å²) < 4.78 is 0. The Morgan fingerprint density at radius 3 is 2.47 bits per heavy atom. The molecule has 0 amide bonds. The minimum absolute atomic E-state index is 0.241. The normalized spacial score (nSPS) is 12.4. The smallest absolute Gasteiger partial charge is 0.303 e. The predicted octanol–water partition coefficient (Wildman–Crippen LogP) is 2.76. The average molecular weight is 235 g/mol. The van der Waals surface area contributed by atoms with Gasteiger partial charge in [0.15, 0.2) is 0 Å². The number of aryl methyl sites for hydroxylation is 1. The van der Waals surface area contributed by atoms with Crippen molar-refractivity contribution in [2.75, 3.05) is 7.05 Å². The van der Waals surface area contributed by atoms with Gasteiger partial charge < -0.3 is 10.4 Å². The first-order valence-corrected chi connectivity index (χ1v) is 6.15. The van der Waals surface area contributed by atoms with Gasteiger partial charge in [-0.05, 0) is 37.4 Å². The topological polar surface area (TPSA) is 49.3 Å². The fourth-order valence-corrected chi connectivity index (χ4v) is 1.92. The van der Waals surface area contributed by atoms with E-state index in [0.29, 0.717) is 6.42 Å². The fraction of sp³-hybridized carbons (Fsp3) is 0.500. The van der Waals surface area contributed by atoms with Crippen LogP contribution in [0.25, 0.3) is 0 Å². The van der Waals surface area contributed by atoms with E-state index >= 15 is 0 Å². The van der Waals surface area contributed by atoms with E-state index in [4.69, 9.17) is 5.11 Å². The van der Waals surface area contributed by atoms with Crippen LogP contribution < -0.4 is 5.32 Å². The SMILES string of the molecule is CCc1ccc(C(CCCC(=O)O)NC)cc1. The minimum atomic E-state index is -0.721. The molecule has 94 valence electrons. The lowest BCUT2D eigenvalue weighted by Gasteiger charge is -2.16. The molecule has 1 aromatic rings. The van der Waals surface area contributed by atoms with Crippen molar-refractivity contribution >= 4 is 5.97 Å². The quantitative estimate of drug-likeness (QED) is 0.764. The minimum Gasteiger partial charge on any atom is -0.481 e. The highest BCUT2D eigenvalue weighted by atomic mass is 16.4. The summed E-state index contributed by atoms with van der Waals surface area (Å²) in [4.78, 5) is 10.5. The van der Waals surface area contributed by atoms with Gasteiger partial charge >= 0.3 is 5.97 Å². The van der Waals surface area contributed by atoms with Crippen LogP contribution in [0.1, 0.15) is 43.4 Å². The van der Waals surface area contributed by atoms with E-state index in [0.717, 1.165) is 12.8 Å². The van der Waals surface area contributed by atoms with Crippen LogP contribution in [-0.4, -0.2) is 18.1 Å². The Bertz CT molecular complexity index is 346. The van der Waals surface area contributed by atoms with Crippen molar-refractivity contribution in [1.29, 1.82) is 0 Å². The van der Waals surface area contributed by atoms with Crippen LogP contribution in [0, 0.1) is 0 Å². The zero-order valence-corrected chi connectivity index (χ0v) is 10.6. The third-order valence-electron chi connectivity index (χ3n) is 3.02. The van der Waals surface area contributed by atoms with E-state index in [-0.39, 0.29) is 12.5 Å². The molecule has 1 rings (SSSR count). The Kier molecular flexibility index (Phi) is 5.70. The van der Waals surface area contributed by atoms with Crippen molar-refractivity contribution in [2.45, 2.75) is 38.6 Å². The molecule has 1 aromatic carbocycles. The van der Waals surface area contributed by atoms with Crippen LogP contribution in [0.5, 0.6) is 0 Å². The summed E-state index contributed by atoms with van der Waals surface area (Å²) in [6.07, 6.45) is 2.85. The second-order valence-corrected chi connectivity index (χ2v) is 4.22. The van der Waals surface area contributed by atoms with Gasteiger partial charge in [0.2, 0.25) is 0 Å². The first-order valence-electron chi connectivity index (χ1n) is 6.15. The van der Waals surface area contributed by atoms with Gasteiger partial charge in [-0.25, -0.2) is 0 Å². The Balaban J connectivity index is 2.56. The molecule has 0 aromatic heterocycles. The number of hydrogen-bond donors (Lipinski definition) is 2. The molecular weight excluding hydrogens is 214 g/mol. The van der Waals surface area contributed by atoms with E-state index in [1.54, 1.807) is 0 Å². The first-order chi connectivity index (χ1) is 8.17. The Morgan fingerprint density at radius 1 is 1.35 bits per heavy atom. The number of nitrogens with one attached hydrogen (secondary N) is 1. The fourth-order valence-electron chi connectivity index (χ4n) is 1.92. The molecule has 1 atom stereocenters. The van der Waals surface area contributed by atoms with Crippen molar-refractivity contribution in [2.24, 2.45) is 0 Å². The summed E-state index contributed by atoms with van der Waals surface area (Å²) in [5.41, 5.74) is 2.56. The monoisotopic (exact) mass is 235 g/mol. The third kappa shape index (κ3) is 4.57. The molecule has 3 heteroatoms. The summed E-state index contributed by atoms with van der Waals surface area (Å²) in [7, 11) is 1.92. The molecule has 3 nitrogen and oxygen atoms in total. The van der Waals surface area contributed by atoms with Crippen LogP contribution in [0.2, 0.25) is 0 Å². The Hall–Kier alpha value is -1.35. The highest BCUT2D eigenvalue weighted by Crippen LogP contribution is 2.19. The molecule has 0 aliphatic rings. The van der Waals surface area contributed by atoms with Gasteiger partial charge in [-0.2, -0.15) is 0 Å². The first kappa shape index (κ1) is 13.7. The van der Waals surface area contributed by atoms with Gasteiger partial charge in [0, 0.05) is 12.5 Å². The summed E-state index contributed by atoms with van der Waals surface area (Å²) in [6.45, 7) is 2.14. The maximum Gasteiger partial charge on any atom is 0.303 e. The number of carboxylic acid groups (broad SMARTS) is 1. The maximum atomic E-state index is 10.5. The Morgan fingerprint density at radius 2 is 2.00 bits per heavy atom. The van der Waals surface area contributed by atoms with Crippen LogP contribution >= 0.6 is 0 Å². The van der Waals surface area contributed by atoms with E-state index in [2.05, 4.69) is 36.5 Å². The predicted molar refractivity (Wildman–Crippen MR) is 69.1 cm³/mol. The summed E-state index contributed by atoms with van der Waals surface area (Å²) in [5.74, 6) is -0.721. The summed E-state index contributed by atoms with van der Waals surface area (Å²) in [6, 6.07) is 8.77. The van der Waals surface area contributed by atoms with Crippen molar-refractivity contribution in [3.63, 3.8) is 0 Å². The number of carbonyl (C=O) groups is 1. The van der Waals surface area contributed by atoms with Crippen molar-refractivity contribution in [3.8, 4) is 0 Å². The van der Waals surface area contributed by atoms with E-state index < -0.39 is 5.97 Å². The van der Waals surface area contributed by atoms with Crippen molar-refractivity contribution in [3.05, 3.63) is 35.4 Å². The molecule has 0 heterocycles. The third-order valence-corrected chi connectivity index (χ3v) is 3.02. The van der Waals surface area contributed by atoms with Crippen LogP contribution in [0.3, 0.4) is 0 Å². The van der Waals surface area contributed by atoms with Gasteiger partial charge in [-0.1, -0.05) is 31.2 Å². The second-order valence-electron chi connectivity index (χ2n) is 4.22. The molecule has 0 fully saturated rings. The van der Waals surface area contributed by atoms with E-state index in [9.17, 15) is 4.79 Å². The summed E-state index contributed by atoms with van der Waals surface area (Å²) in [5, 5.41) is 11.9. The zero-order valence-electron chi connectivity index (χ0n) is 10.6. The van der Waals surface area contributed by atoms with E-state index in [1.807, 2.05) is 7.05 Å². The highest BCUT2D eigenvalue weighted by Gasteiger charge is 2.09. The molecule has 0 saturated carbocycles. The van der Waals surface area contributed by atoms with Crippen LogP contribution in [0.15, 0.2) is 24.3 Å². The molecule has 0 aliphatic heterocycles. The lowest BCUT2D eigenvalue weighted by atomic mass is 9.99. The molecule has 1 unspecified atom stereocenters. The van der Waals surface area contributed by atoms with Crippen molar-refractivity contribution < 1.29 is 9.90 Å². The number of carboxylic acids is 1. The molecule has 2 N–H and O–H groups in total.